The number of carbonyl (C=O) groups excluding carboxylic acids is 1. The van der Waals surface area contributed by atoms with Crippen molar-refractivity contribution >= 4 is 17.9 Å². The van der Waals surface area contributed by atoms with Crippen LogP contribution in [0, 0.1) is 5.41 Å². The normalized spacial score (nSPS) is 17.5. The number of carboxylic acids is 2. The van der Waals surface area contributed by atoms with Gasteiger partial charge >= 0.3 is 17.9 Å². The van der Waals surface area contributed by atoms with Crippen LogP contribution in [0.25, 0.3) is 0 Å². The second-order valence-corrected chi connectivity index (χ2v) is 6.61. The van der Waals surface area contributed by atoms with E-state index in [2.05, 4.69) is 0 Å². The molecule has 9 nitrogen and oxygen atoms in total. The molecule has 0 amide bonds. The SMILES string of the molecule is CCCCOC(=O)C1=CC=CC(C)(C(=O)O)C1.O=C(O)c1cc(O)c(O)c(O)c1. The van der Waals surface area contributed by atoms with E-state index in [9.17, 15) is 14.4 Å². The summed E-state index contributed by atoms with van der Waals surface area (Å²) in [6, 6.07) is 1.69. The lowest BCUT2D eigenvalue weighted by Gasteiger charge is -2.24. The highest BCUT2D eigenvalue weighted by Gasteiger charge is 2.34. The number of unbranched alkanes of at least 4 members (excludes halogenated alkanes) is 1. The van der Waals surface area contributed by atoms with Gasteiger partial charge in [0, 0.05) is 5.57 Å². The highest BCUT2D eigenvalue weighted by atomic mass is 16.5. The van der Waals surface area contributed by atoms with Gasteiger partial charge in [-0.15, -0.1) is 0 Å². The number of carboxylic acid groups (broad SMARTS) is 2. The minimum Gasteiger partial charge on any atom is -0.504 e. The van der Waals surface area contributed by atoms with E-state index < -0.39 is 40.6 Å². The number of rotatable bonds is 6. The number of ether oxygens (including phenoxy) is 1. The summed E-state index contributed by atoms with van der Waals surface area (Å²) in [5.41, 5.74) is -0.871. The standard InChI is InChI=1S/C13H18O4.C7H6O5/c1-3-4-8-17-11(14)10-6-5-7-13(2,9-10)12(15)16;8-4-1-3(7(11)12)2-5(9)6(4)10/h5-7H,3-4,8-9H2,1-2H3,(H,15,16);1-2,8-10H,(H,11,12). The second-order valence-electron chi connectivity index (χ2n) is 6.61. The molecule has 0 aliphatic heterocycles. The van der Waals surface area contributed by atoms with Gasteiger partial charge in [-0.2, -0.15) is 0 Å². The Morgan fingerprint density at radius 1 is 1.10 bits per heavy atom. The summed E-state index contributed by atoms with van der Waals surface area (Å²) >= 11 is 0. The number of phenols is 3. The van der Waals surface area contributed by atoms with E-state index in [0.717, 1.165) is 25.0 Å². The van der Waals surface area contributed by atoms with Crippen molar-refractivity contribution in [2.45, 2.75) is 33.1 Å². The summed E-state index contributed by atoms with van der Waals surface area (Å²) in [5, 5.41) is 44.0. The smallest absolute Gasteiger partial charge is 0.335 e. The van der Waals surface area contributed by atoms with Gasteiger partial charge in [0.1, 0.15) is 0 Å². The zero-order valence-electron chi connectivity index (χ0n) is 16.1. The van der Waals surface area contributed by atoms with Crippen molar-refractivity contribution < 1.29 is 44.7 Å². The molecule has 0 saturated heterocycles. The summed E-state index contributed by atoms with van der Waals surface area (Å²) in [6.45, 7) is 4.00. The van der Waals surface area contributed by atoms with E-state index in [1.807, 2.05) is 6.92 Å². The molecule has 29 heavy (non-hydrogen) atoms. The van der Waals surface area contributed by atoms with Gasteiger partial charge < -0.3 is 30.3 Å². The van der Waals surface area contributed by atoms with Crippen molar-refractivity contribution in [3.8, 4) is 17.2 Å². The van der Waals surface area contributed by atoms with Crippen molar-refractivity contribution in [2.75, 3.05) is 6.61 Å². The number of esters is 1. The Morgan fingerprint density at radius 3 is 2.17 bits per heavy atom. The summed E-state index contributed by atoms with van der Waals surface area (Å²) in [7, 11) is 0. The third-order valence-electron chi connectivity index (χ3n) is 4.12. The number of aromatic carboxylic acids is 1. The molecule has 1 aliphatic rings. The second kappa shape index (κ2) is 10.2. The van der Waals surface area contributed by atoms with Crippen LogP contribution in [0.1, 0.15) is 43.5 Å². The molecule has 1 atom stereocenters. The first-order chi connectivity index (χ1) is 13.5. The quantitative estimate of drug-likeness (QED) is 0.271. The molecule has 1 unspecified atom stereocenters. The lowest BCUT2D eigenvalue weighted by atomic mass is 9.80. The Balaban J connectivity index is 0.000000308. The number of aliphatic carboxylic acids is 1. The van der Waals surface area contributed by atoms with Crippen LogP contribution < -0.4 is 0 Å². The number of allylic oxidation sites excluding steroid dienone is 2. The fourth-order valence-corrected chi connectivity index (χ4v) is 2.31. The number of hydrogen-bond acceptors (Lipinski definition) is 7. The molecule has 0 heterocycles. The van der Waals surface area contributed by atoms with Crippen LogP contribution in [0.3, 0.4) is 0 Å². The van der Waals surface area contributed by atoms with Gasteiger partial charge in [0.2, 0.25) is 0 Å². The summed E-state index contributed by atoms with van der Waals surface area (Å²) in [4.78, 5) is 33.1. The lowest BCUT2D eigenvalue weighted by Crippen LogP contribution is -2.29. The van der Waals surface area contributed by atoms with Crippen LogP contribution in [0.5, 0.6) is 17.2 Å². The van der Waals surface area contributed by atoms with Gasteiger partial charge in [-0.1, -0.05) is 31.6 Å². The molecule has 2 rings (SSSR count). The number of benzene rings is 1. The summed E-state index contributed by atoms with van der Waals surface area (Å²) < 4.78 is 5.06. The van der Waals surface area contributed by atoms with E-state index >= 15 is 0 Å². The summed E-state index contributed by atoms with van der Waals surface area (Å²) in [6.07, 6.45) is 6.79. The Morgan fingerprint density at radius 2 is 1.69 bits per heavy atom. The fraction of sp³-hybridized carbons (Fsp3) is 0.350. The monoisotopic (exact) mass is 408 g/mol. The number of carbonyl (C=O) groups is 3. The molecule has 158 valence electrons. The molecular formula is C20H24O9. The Labute approximate surface area is 167 Å². The molecule has 0 saturated carbocycles. The molecule has 1 aliphatic carbocycles. The molecule has 0 bridgehead atoms. The van der Waals surface area contributed by atoms with Crippen molar-refractivity contribution in [1.29, 1.82) is 0 Å². The van der Waals surface area contributed by atoms with E-state index in [1.165, 1.54) is 0 Å². The first-order valence-corrected chi connectivity index (χ1v) is 8.79. The minimum absolute atomic E-state index is 0.184. The number of phenolic OH excluding ortho intramolecular Hbond substituents is 3. The van der Waals surface area contributed by atoms with E-state index in [1.54, 1.807) is 25.2 Å². The van der Waals surface area contributed by atoms with Gasteiger partial charge in [-0.05, 0) is 31.9 Å². The van der Waals surface area contributed by atoms with Crippen molar-refractivity contribution in [1.82, 2.24) is 0 Å². The zero-order chi connectivity index (χ0) is 22.2. The predicted molar refractivity (Wildman–Crippen MR) is 102 cm³/mol. The van der Waals surface area contributed by atoms with E-state index in [0.29, 0.717) is 12.2 Å². The zero-order valence-corrected chi connectivity index (χ0v) is 16.1. The first-order valence-electron chi connectivity index (χ1n) is 8.79. The van der Waals surface area contributed by atoms with Crippen LogP contribution in [0.15, 0.2) is 35.9 Å². The van der Waals surface area contributed by atoms with Crippen molar-refractivity contribution in [2.24, 2.45) is 5.41 Å². The summed E-state index contributed by atoms with van der Waals surface area (Å²) in [5.74, 6) is -4.67. The molecule has 0 fully saturated rings. The van der Waals surface area contributed by atoms with Gasteiger partial charge in [-0.25, -0.2) is 9.59 Å². The van der Waals surface area contributed by atoms with Crippen LogP contribution >= 0.6 is 0 Å². The molecule has 5 N–H and O–H groups in total. The maximum atomic E-state index is 11.7. The largest absolute Gasteiger partial charge is 0.504 e. The van der Waals surface area contributed by atoms with E-state index in [4.69, 9.17) is 30.3 Å². The van der Waals surface area contributed by atoms with Gasteiger partial charge in [-0.3, -0.25) is 4.79 Å². The lowest BCUT2D eigenvalue weighted by molar-refractivity contribution is -0.145. The topological polar surface area (TPSA) is 162 Å². The predicted octanol–water partition coefficient (Wildman–Crippen LogP) is 2.81. The number of hydrogen-bond donors (Lipinski definition) is 5. The Bertz CT molecular complexity index is 815. The fourth-order valence-electron chi connectivity index (χ4n) is 2.31. The highest BCUT2D eigenvalue weighted by molar-refractivity contribution is 5.91. The average molecular weight is 408 g/mol. The Kier molecular flexibility index (Phi) is 8.25. The van der Waals surface area contributed by atoms with Gasteiger partial charge in [0.25, 0.3) is 0 Å². The molecule has 0 spiro atoms. The van der Waals surface area contributed by atoms with Gasteiger partial charge in [0.15, 0.2) is 17.2 Å². The maximum Gasteiger partial charge on any atom is 0.335 e. The molecule has 1 aromatic carbocycles. The van der Waals surface area contributed by atoms with Crippen molar-refractivity contribution in [3.05, 3.63) is 41.5 Å². The van der Waals surface area contributed by atoms with Gasteiger partial charge in [0.05, 0.1) is 17.6 Å². The van der Waals surface area contributed by atoms with Crippen LogP contribution in [-0.4, -0.2) is 50.0 Å². The third-order valence-corrected chi connectivity index (χ3v) is 4.12. The maximum absolute atomic E-state index is 11.7. The van der Waals surface area contributed by atoms with Crippen molar-refractivity contribution in [3.63, 3.8) is 0 Å². The first kappa shape index (κ1) is 23.5. The molecular weight excluding hydrogens is 384 g/mol. The van der Waals surface area contributed by atoms with Crippen LogP contribution in [0.4, 0.5) is 0 Å². The minimum atomic E-state index is -1.29. The molecule has 0 aromatic heterocycles. The average Bonchev–Trinajstić information content (AvgIpc) is 2.66. The van der Waals surface area contributed by atoms with Crippen LogP contribution in [0.2, 0.25) is 0 Å². The molecule has 0 radical (unpaired) electrons. The Hall–Kier alpha value is -3.49. The number of aromatic hydroxyl groups is 3. The van der Waals surface area contributed by atoms with E-state index in [-0.39, 0.29) is 12.0 Å². The third kappa shape index (κ3) is 6.56. The molecule has 9 heteroatoms. The molecule has 1 aromatic rings. The van der Waals surface area contributed by atoms with Crippen LogP contribution in [-0.2, 0) is 14.3 Å². The highest BCUT2D eigenvalue weighted by Crippen LogP contribution is 2.35.